The van der Waals surface area contributed by atoms with Gasteiger partial charge in [-0.3, -0.25) is 14.4 Å². The highest BCUT2D eigenvalue weighted by molar-refractivity contribution is 5.98. The van der Waals surface area contributed by atoms with Crippen LogP contribution in [0.15, 0.2) is 0 Å². The molecule has 3 fully saturated rings. The highest BCUT2D eigenvalue weighted by Crippen LogP contribution is 2.64. The zero-order valence-corrected chi connectivity index (χ0v) is 19.9. The van der Waals surface area contributed by atoms with Crippen molar-refractivity contribution >= 4 is 17.8 Å². The van der Waals surface area contributed by atoms with Crippen molar-refractivity contribution < 1.29 is 29.0 Å². The molecule has 8 heteroatoms. The van der Waals surface area contributed by atoms with Crippen LogP contribution in [0.25, 0.3) is 0 Å². The molecule has 0 radical (unpaired) electrons. The maximum Gasteiger partial charge on any atom is 0.312 e. The van der Waals surface area contributed by atoms with Crippen molar-refractivity contribution in [2.45, 2.75) is 95.8 Å². The number of unbranched alkanes of at least 4 members (excludes halogenated alkanes) is 4. The molecule has 2 unspecified atom stereocenters. The topological polar surface area (TPSA) is 105 Å². The number of ether oxygens (including phenoxy) is 2. The second-order valence-electron chi connectivity index (χ2n) is 9.40. The third kappa shape index (κ3) is 4.16. The van der Waals surface area contributed by atoms with Gasteiger partial charge in [-0.05, 0) is 51.9 Å². The summed E-state index contributed by atoms with van der Waals surface area (Å²) in [6.07, 6.45) is 6.94. The van der Waals surface area contributed by atoms with Crippen LogP contribution >= 0.6 is 0 Å². The monoisotopic (exact) mass is 452 g/mol. The first-order valence-corrected chi connectivity index (χ1v) is 12.5. The lowest BCUT2D eigenvalue weighted by atomic mass is 9.65. The Morgan fingerprint density at radius 1 is 1.16 bits per heavy atom. The van der Waals surface area contributed by atoms with Crippen molar-refractivity contribution in [2.75, 3.05) is 26.3 Å². The van der Waals surface area contributed by atoms with Crippen LogP contribution in [0.4, 0.5) is 0 Å². The molecular formula is C24H40N2O6. The first-order chi connectivity index (χ1) is 15.4. The summed E-state index contributed by atoms with van der Waals surface area (Å²) >= 11 is 0. The summed E-state index contributed by atoms with van der Waals surface area (Å²) in [4.78, 5) is 41.8. The van der Waals surface area contributed by atoms with E-state index in [0.29, 0.717) is 45.2 Å². The molecule has 0 aromatic heterocycles. The van der Waals surface area contributed by atoms with E-state index in [0.717, 1.165) is 25.7 Å². The minimum atomic E-state index is -0.976. The number of aliphatic hydroxyl groups excluding tert-OH is 1. The fraction of sp³-hybridized carbons (Fsp3) is 0.875. The lowest BCUT2D eigenvalue weighted by molar-refractivity contribution is -0.160. The van der Waals surface area contributed by atoms with Gasteiger partial charge in [-0.15, -0.1) is 0 Å². The van der Waals surface area contributed by atoms with Crippen molar-refractivity contribution in [1.29, 1.82) is 0 Å². The Morgan fingerprint density at radius 2 is 1.94 bits per heavy atom. The fourth-order valence-corrected chi connectivity index (χ4v) is 6.10. The number of hydrogen-bond acceptors (Lipinski definition) is 6. The molecular weight excluding hydrogens is 412 g/mol. The molecule has 0 aromatic carbocycles. The summed E-state index contributed by atoms with van der Waals surface area (Å²) in [7, 11) is 0. The lowest BCUT2D eigenvalue weighted by Crippen LogP contribution is -2.55. The van der Waals surface area contributed by atoms with Gasteiger partial charge >= 0.3 is 5.97 Å². The number of fused-ring (bicyclic) bond motifs is 1. The number of rotatable bonds is 13. The van der Waals surface area contributed by atoms with Crippen LogP contribution in [0.5, 0.6) is 0 Å². The Balaban J connectivity index is 1.90. The van der Waals surface area contributed by atoms with Crippen molar-refractivity contribution in [3.05, 3.63) is 0 Å². The number of carbonyl (C=O) groups is 3. The zero-order chi connectivity index (χ0) is 23.4. The molecule has 5 atom stereocenters. The third-order valence-corrected chi connectivity index (χ3v) is 7.61. The van der Waals surface area contributed by atoms with Crippen LogP contribution in [0.1, 0.15) is 78.6 Å². The SMILES string of the molecule is CCCCCNC(=O)C1N(CCCCCO)C(=O)[C@@H]2[C@@H](C(=O)OCC)[C@@]3(CC)CCC12O3. The van der Waals surface area contributed by atoms with E-state index in [1.54, 1.807) is 11.8 Å². The maximum absolute atomic E-state index is 13.7. The summed E-state index contributed by atoms with van der Waals surface area (Å²) in [6, 6.07) is -0.733. The summed E-state index contributed by atoms with van der Waals surface area (Å²) in [5.41, 5.74) is -1.72. The normalized spacial score (nSPS) is 32.9. The summed E-state index contributed by atoms with van der Waals surface area (Å²) in [5, 5.41) is 12.1. The molecule has 0 aliphatic carbocycles. The van der Waals surface area contributed by atoms with Crippen molar-refractivity contribution in [2.24, 2.45) is 11.8 Å². The number of aliphatic hydroxyl groups is 1. The summed E-state index contributed by atoms with van der Waals surface area (Å²) in [6.45, 7) is 7.18. The quantitative estimate of drug-likeness (QED) is 0.328. The lowest BCUT2D eigenvalue weighted by Gasteiger charge is -2.33. The van der Waals surface area contributed by atoms with Gasteiger partial charge in [-0.1, -0.05) is 26.7 Å². The van der Waals surface area contributed by atoms with Gasteiger partial charge in [0.2, 0.25) is 11.8 Å². The van der Waals surface area contributed by atoms with E-state index in [1.807, 2.05) is 6.92 Å². The Labute approximate surface area is 191 Å². The molecule has 2 N–H and O–H groups in total. The Hall–Kier alpha value is -1.67. The van der Waals surface area contributed by atoms with Gasteiger partial charge < -0.3 is 24.8 Å². The van der Waals surface area contributed by atoms with Crippen LogP contribution in [-0.2, 0) is 23.9 Å². The average Bonchev–Trinajstić information content (AvgIpc) is 3.38. The van der Waals surface area contributed by atoms with Gasteiger partial charge in [0.25, 0.3) is 0 Å². The summed E-state index contributed by atoms with van der Waals surface area (Å²) < 4.78 is 12.0. The number of likely N-dealkylation sites (tertiary alicyclic amines) is 1. The van der Waals surface area contributed by atoms with E-state index < -0.39 is 35.0 Å². The molecule has 32 heavy (non-hydrogen) atoms. The zero-order valence-electron chi connectivity index (χ0n) is 19.9. The second-order valence-corrected chi connectivity index (χ2v) is 9.40. The average molecular weight is 453 g/mol. The van der Waals surface area contributed by atoms with E-state index in [-0.39, 0.29) is 25.0 Å². The predicted octanol–water partition coefficient (Wildman–Crippen LogP) is 2.17. The molecule has 2 amide bonds. The third-order valence-electron chi connectivity index (χ3n) is 7.61. The van der Waals surface area contributed by atoms with Crippen LogP contribution in [0.3, 0.4) is 0 Å². The first kappa shape index (κ1) is 25.0. The van der Waals surface area contributed by atoms with E-state index >= 15 is 0 Å². The molecule has 8 nitrogen and oxygen atoms in total. The van der Waals surface area contributed by atoms with Gasteiger partial charge in [0.1, 0.15) is 17.6 Å². The number of amides is 2. The minimum Gasteiger partial charge on any atom is -0.466 e. The smallest absolute Gasteiger partial charge is 0.312 e. The van der Waals surface area contributed by atoms with Crippen LogP contribution < -0.4 is 5.32 Å². The molecule has 3 aliphatic rings. The molecule has 2 bridgehead atoms. The molecule has 3 aliphatic heterocycles. The molecule has 1 spiro atoms. The Kier molecular flexibility index (Phi) is 8.20. The van der Waals surface area contributed by atoms with Gasteiger partial charge in [0.05, 0.1) is 18.1 Å². The molecule has 3 saturated heterocycles. The van der Waals surface area contributed by atoms with Crippen molar-refractivity contribution in [3.63, 3.8) is 0 Å². The molecule has 0 saturated carbocycles. The van der Waals surface area contributed by atoms with Crippen LogP contribution in [0.2, 0.25) is 0 Å². The van der Waals surface area contributed by atoms with Crippen molar-refractivity contribution in [3.8, 4) is 0 Å². The second kappa shape index (κ2) is 10.5. The number of nitrogens with zero attached hydrogens (tertiary/aromatic N) is 1. The van der Waals surface area contributed by atoms with Crippen LogP contribution in [0, 0.1) is 11.8 Å². The van der Waals surface area contributed by atoms with Crippen molar-refractivity contribution in [1.82, 2.24) is 10.2 Å². The molecule has 3 rings (SSSR count). The largest absolute Gasteiger partial charge is 0.466 e. The number of nitrogens with one attached hydrogen (secondary N) is 1. The Morgan fingerprint density at radius 3 is 2.59 bits per heavy atom. The minimum absolute atomic E-state index is 0.106. The standard InChI is InChI=1S/C24H40N2O6/c1-4-7-9-14-25-20(28)19-24-13-12-23(5-2,32-24)18(22(30)31-6-3)17(24)21(29)26(19)15-10-8-11-16-27/h17-19,27H,4-16H2,1-3H3,(H,25,28)/t17-,18-,19?,23+,24?/m0/s1. The van der Waals surface area contributed by atoms with Gasteiger partial charge in [-0.2, -0.15) is 0 Å². The summed E-state index contributed by atoms with van der Waals surface area (Å²) in [5.74, 6) is -2.10. The maximum atomic E-state index is 13.7. The number of carbonyl (C=O) groups excluding carboxylic acids is 3. The molecule has 0 aromatic rings. The number of esters is 1. The van der Waals surface area contributed by atoms with Crippen LogP contribution in [-0.4, -0.2) is 71.3 Å². The molecule has 182 valence electrons. The Bertz CT molecular complexity index is 700. The first-order valence-electron chi connectivity index (χ1n) is 12.5. The van der Waals surface area contributed by atoms with E-state index in [9.17, 15) is 14.4 Å². The predicted molar refractivity (Wildman–Crippen MR) is 119 cm³/mol. The van der Waals surface area contributed by atoms with E-state index in [1.165, 1.54) is 0 Å². The van der Waals surface area contributed by atoms with E-state index in [4.69, 9.17) is 14.6 Å². The molecule has 3 heterocycles. The van der Waals surface area contributed by atoms with Gasteiger partial charge in [0, 0.05) is 19.7 Å². The fourth-order valence-electron chi connectivity index (χ4n) is 6.10. The van der Waals surface area contributed by atoms with E-state index in [2.05, 4.69) is 12.2 Å². The highest BCUT2D eigenvalue weighted by Gasteiger charge is 2.78. The van der Waals surface area contributed by atoms with Gasteiger partial charge in [0.15, 0.2) is 0 Å². The van der Waals surface area contributed by atoms with Gasteiger partial charge in [-0.25, -0.2) is 0 Å². The number of hydrogen-bond donors (Lipinski definition) is 2. The highest BCUT2D eigenvalue weighted by atomic mass is 16.6.